The first-order chi connectivity index (χ1) is 16.9. The molecule has 2 N–H and O–H groups in total. The van der Waals surface area contributed by atoms with E-state index in [0.717, 1.165) is 45.9 Å². The lowest BCUT2D eigenvalue weighted by Gasteiger charge is -2.31. The molecule has 3 atom stereocenters. The number of ether oxygens (including phenoxy) is 2. The number of nitrogens with zero attached hydrogens (tertiary/aromatic N) is 1. The number of allylic oxidation sites excluding steroid dienone is 1. The molecule has 182 valence electrons. The monoisotopic (exact) mass is 471 g/mol. The molecular formula is C30H33NO4. The van der Waals surface area contributed by atoms with Crippen molar-refractivity contribution in [1.82, 2.24) is 4.90 Å². The number of hydrogen-bond donors (Lipinski definition) is 2. The lowest BCUT2D eigenvalue weighted by molar-refractivity contribution is 0.141. The molecule has 0 spiro atoms. The van der Waals surface area contributed by atoms with Crippen LogP contribution in [0.15, 0.2) is 66.7 Å². The summed E-state index contributed by atoms with van der Waals surface area (Å²) in [5.74, 6) is 1.96. The predicted octanol–water partition coefficient (Wildman–Crippen LogP) is 6.41. The van der Waals surface area contributed by atoms with Crippen LogP contribution in [0.3, 0.4) is 0 Å². The molecule has 35 heavy (non-hydrogen) atoms. The molecule has 2 aliphatic heterocycles. The third-order valence-corrected chi connectivity index (χ3v) is 7.28. The summed E-state index contributed by atoms with van der Waals surface area (Å²) in [5.41, 5.74) is 4.70. The molecular weight excluding hydrogens is 438 g/mol. The average Bonchev–Trinajstić information content (AvgIpc) is 3.29. The second-order valence-corrected chi connectivity index (χ2v) is 9.73. The van der Waals surface area contributed by atoms with Crippen molar-refractivity contribution in [2.24, 2.45) is 0 Å². The van der Waals surface area contributed by atoms with Crippen LogP contribution in [0.5, 0.6) is 23.0 Å². The number of benzene rings is 3. The Morgan fingerprint density at radius 2 is 1.80 bits per heavy atom. The maximum atomic E-state index is 10.1. The summed E-state index contributed by atoms with van der Waals surface area (Å²) in [6.07, 6.45) is 2.17. The van der Waals surface area contributed by atoms with E-state index in [4.69, 9.17) is 9.47 Å². The predicted molar refractivity (Wildman–Crippen MR) is 139 cm³/mol. The number of aromatic hydroxyl groups is 2. The first-order valence-electron chi connectivity index (χ1n) is 12.4. The van der Waals surface area contributed by atoms with Crippen LogP contribution in [0.4, 0.5) is 0 Å². The molecule has 5 rings (SSSR count). The van der Waals surface area contributed by atoms with Crippen molar-refractivity contribution in [2.75, 3.05) is 13.2 Å². The fourth-order valence-electron chi connectivity index (χ4n) is 5.38. The fraction of sp³-hybridized carbons (Fsp3) is 0.333. The van der Waals surface area contributed by atoms with Gasteiger partial charge in [-0.05, 0) is 99.3 Å². The van der Waals surface area contributed by atoms with E-state index >= 15 is 0 Å². The van der Waals surface area contributed by atoms with Gasteiger partial charge in [0, 0.05) is 23.2 Å². The summed E-state index contributed by atoms with van der Waals surface area (Å²) in [5, 5.41) is 20.2. The van der Waals surface area contributed by atoms with Crippen LogP contribution in [0, 0.1) is 0 Å². The van der Waals surface area contributed by atoms with E-state index < -0.39 is 0 Å². The number of phenols is 2. The first-order valence-corrected chi connectivity index (χ1v) is 12.4. The van der Waals surface area contributed by atoms with E-state index in [2.05, 4.69) is 18.7 Å². The smallest absolute Gasteiger partial charge is 0.150 e. The summed E-state index contributed by atoms with van der Waals surface area (Å²) in [7, 11) is 0. The van der Waals surface area contributed by atoms with Crippen LogP contribution in [0.2, 0.25) is 0 Å². The number of likely N-dealkylation sites (tertiary alicyclic amines) is 1. The summed E-state index contributed by atoms with van der Waals surface area (Å²) in [6, 6.07) is 21.5. The van der Waals surface area contributed by atoms with E-state index in [1.807, 2.05) is 43.3 Å². The summed E-state index contributed by atoms with van der Waals surface area (Å²) in [4.78, 5) is 2.52. The number of hydrogen-bond acceptors (Lipinski definition) is 5. The van der Waals surface area contributed by atoms with Gasteiger partial charge in [0.1, 0.15) is 35.7 Å². The maximum Gasteiger partial charge on any atom is 0.150 e. The average molecular weight is 472 g/mol. The Morgan fingerprint density at radius 3 is 2.51 bits per heavy atom. The Bertz CT molecular complexity index is 1230. The zero-order valence-corrected chi connectivity index (χ0v) is 20.6. The van der Waals surface area contributed by atoms with Gasteiger partial charge in [0.2, 0.25) is 0 Å². The van der Waals surface area contributed by atoms with Gasteiger partial charge in [-0.3, -0.25) is 4.90 Å². The molecule has 5 nitrogen and oxygen atoms in total. The first kappa shape index (κ1) is 23.3. The molecule has 2 aliphatic rings. The highest BCUT2D eigenvalue weighted by Crippen LogP contribution is 2.47. The second-order valence-electron chi connectivity index (χ2n) is 9.73. The molecule has 0 radical (unpaired) electrons. The van der Waals surface area contributed by atoms with E-state index in [0.29, 0.717) is 18.7 Å². The Kier molecular flexibility index (Phi) is 6.44. The third-order valence-electron chi connectivity index (χ3n) is 7.28. The quantitative estimate of drug-likeness (QED) is 0.435. The Labute approximate surface area is 207 Å². The summed E-state index contributed by atoms with van der Waals surface area (Å²) in [6.45, 7) is 8.36. The van der Waals surface area contributed by atoms with Crippen molar-refractivity contribution < 1.29 is 19.7 Å². The van der Waals surface area contributed by atoms with Gasteiger partial charge in [-0.1, -0.05) is 24.3 Å². The van der Waals surface area contributed by atoms with Crippen molar-refractivity contribution in [1.29, 1.82) is 0 Å². The molecule has 0 amide bonds. The molecule has 0 bridgehead atoms. The van der Waals surface area contributed by atoms with E-state index in [1.54, 1.807) is 30.3 Å². The molecule has 0 saturated carbocycles. The molecule has 1 saturated heterocycles. The Morgan fingerprint density at radius 1 is 1.03 bits per heavy atom. The van der Waals surface area contributed by atoms with Gasteiger partial charge < -0.3 is 19.7 Å². The van der Waals surface area contributed by atoms with Gasteiger partial charge in [-0.15, -0.1) is 0 Å². The van der Waals surface area contributed by atoms with Crippen LogP contribution in [0.1, 0.15) is 56.4 Å². The largest absolute Gasteiger partial charge is 0.508 e. The van der Waals surface area contributed by atoms with Crippen LogP contribution in [0.25, 0.3) is 11.1 Å². The lowest BCUT2D eigenvalue weighted by atomic mass is 9.86. The summed E-state index contributed by atoms with van der Waals surface area (Å²) >= 11 is 0. The minimum atomic E-state index is -0.354. The lowest BCUT2D eigenvalue weighted by Crippen LogP contribution is -2.39. The highest BCUT2D eigenvalue weighted by Gasteiger charge is 2.30. The third kappa shape index (κ3) is 4.73. The minimum Gasteiger partial charge on any atom is -0.508 e. The molecule has 0 aliphatic carbocycles. The van der Waals surface area contributed by atoms with Gasteiger partial charge in [0.05, 0.1) is 0 Å². The van der Waals surface area contributed by atoms with E-state index in [1.165, 1.54) is 12.8 Å². The molecule has 0 aromatic heterocycles. The molecule has 5 heteroatoms. The van der Waals surface area contributed by atoms with Crippen LogP contribution in [-0.4, -0.2) is 40.3 Å². The number of fused-ring (bicyclic) bond motifs is 1. The second kappa shape index (κ2) is 9.67. The normalized spacial score (nSPS) is 20.9. The molecule has 3 aromatic rings. The number of rotatable bonds is 6. The maximum absolute atomic E-state index is 10.1. The van der Waals surface area contributed by atoms with E-state index in [-0.39, 0.29) is 17.6 Å². The van der Waals surface area contributed by atoms with Crippen molar-refractivity contribution in [3.8, 4) is 23.0 Å². The van der Waals surface area contributed by atoms with Gasteiger partial charge in [-0.2, -0.15) is 0 Å². The van der Waals surface area contributed by atoms with Gasteiger partial charge in [-0.25, -0.2) is 0 Å². The van der Waals surface area contributed by atoms with E-state index in [9.17, 15) is 10.2 Å². The molecule has 1 unspecified atom stereocenters. The van der Waals surface area contributed by atoms with Crippen molar-refractivity contribution in [3.63, 3.8) is 0 Å². The van der Waals surface area contributed by atoms with Crippen molar-refractivity contribution >= 4 is 11.1 Å². The van der Waals surface area contributed by atoms with Crippen LogP contribution in [-0.2, 0) is 0 Å². The Balaban J connectivity index is 1.42. The van der Waals surface area contributed by atoms with Crippen molar-refractivity contribution in [3.05, 3.63) is 83.4 Å². The summed E-state index contributed by atoms with van der Waals surface area (Å²) < 4.78 is 12.6. The number of phenolic OH excluding ortho intramolecular Hbond substituents is 2. The minimum absolute atomic E-state index is 0.194. The zero-order chi connectivity index (χ0) is 24.5. The van der Waals surface area contributed by atoms with Gasteiger partial charge in [0.25, 0.3) is 0 Å². The highest BCUT2D eigenvalue weighted by atomic mass is 16.5. The fourth-order valence-corrected chi connectivity index (χ4v) is 5.38. The van der Waals surface area contributed by atoms with Crippen LogP contribution >= 0.6 is 0 Å². The SMILES string of the molecule is CC1=C(c2cccc(O)c2)C(c2ccc(OC[C@H](C)N3CCC[C@H]3C)cc2)Oc2ccc(O)cc21. The molecule has 1 fully saturated rings. The topological polar surface area (TPSA) is 62.2 Å². The Hall–Kier alpha value is -3.44. The van der Waals surface area contributed by atoms with Crippen LogP contribution < -0.4 is 9.47 Å². The zero-order valence-electron chi connectivity index (χ0n) is 20.6. The molecule has 2 heterocycles. The van der Waals surface area contributed by atoms with Crippen molar-refractivity contribution in [2.45, 2.75) is 51.8 Å². The van der Waals surface area contributed by atoms with Gasteiger partial charge >= 0.3 is 0 Å². The standard InChI is InChI=1S/C30H33NO4/c1-19-6-5-15-31(19)20(2)18-34-26-12-9-22(10-13-26)30-29(23-7-4-8-24(32)16-23)21(3)27-17-25(33)11-14-28(27)35-30/h4,7-14,16-17,19-20,30,32-33H,5-6,15,18H2,1-3H3/t19-,20+,30?/m1/s1. The molecule has 3 aromatic carbocycles. The highest BCUT2D eigenvalue weighted by molar-refractivity contribution is 5.95. The van der Waals surface area contributed by atoms with Gasteiger partial charge in [0.15, 0.2) is 0 Å².